The summed E-state index contributed by atoms with van der Waals surface area (Å²) in [6.45, 7) is 0.724. The molecule has 2 heterocycles. The first-order chi connectivity index (χ1) is 10.3. The molecule has 0 aromatic heterocycles. The molecule has 4 rings (SSSR count). The van der Waals surface area contributed by atoms with E-state index in [2.05, 4.69) is 29.3 Å². The number of nitrogens with zero attached hydrogens (tertiary/aromatic N) is 2. The van der Waals surface area contributed by atoms with E-state index in [0.717, 1.165) is 12.1 Å². The van der Waals surface area contributed by atoms with Gasteiger partial charge in [-0.2, -0.15) is 4.99 Å². The van der Waals surface area contributed by atoms with Crippen LogP contribution < -0.4 is 0 Å². The Kier molecular flexibility index (Phi) is 2.71. The van der Waals surface area contributed by atoms with Gasteiger partial charge in [-0.25, -0.2) is 0 Å². The van der Waals surface area contributed by atoms with Gasteiger partial charge in [-0.15, -0.1) is 0 Å². The molecule has 0 unspecified atom stereocenters. The molecule has 2 aliphatic heterocycles. The summed E-state index contributed by atoms with van der Waals surface area (Å²) in [6, 6.07) is 12.4. The molecule has 102 valence electrons. The van der Waals surface area contributed by atoms with Crippen molar-refractivity contribution in [1.29, 1.82) is 0 Å². The Morgan fingerprint density at radius 3 is 2.67 bits per heavy atom. The van der Waals surface area contributed by atoms with Crippen molar-refractivity contribution in [2.75, 3.05) is 0 Å². The molecule has 0 saturated carbocycles. The maximum absolute atomic E-state index is 12.2. The predicted octanol–water partition coefficient (Wildman–Crippen LogP) is 3.21. The SMILES string of the molecule is O=C1Cc2cccc3cccc(c23)CN2C=CC=C/C2=N/1. The van der Waals surface area contributed by atoms with Crippen LogP contribution in [0.2, 0.25) is 0 Å². The van der Waals surface area contributed by atoms with E-state index in [1.807, 2.05) is 41.5 Å². The minimum atomic E-state index is -0.0980. The van der Waals surface area contributed by atoms with Crippen molar-refractivity contribution >= 4 is 22.5 Å². The largest absolute Gasteiger partial charge is 0.328 e. The zero-order valence-electron chi connectivity index (χ0n) is 11.5. The molecule has 0 radical (unpaired) electrons. The van der Waals surface area contributed by atoms with Gasteiger partial charge in [0.25, 0.3) is 5.91 Å². The third-order valence-electron chi connectivity index (χ3n) is 3.92. The van der Waals surface area contributed by atoms with Crippen molar-refractivity contribution in [1.82, 2.24) is 4.90 Å². The second-order valence-corrected chi connectivity index (χ2v) is 5.30. The van der Waals surface area contributed by atoms with E-state index in [-0.39, 0.29) is 5.91 Å². The van der Waals surface area contributed by atoms with E-state index >= 15 is 0 Å². The van der Waals surface area contributed by atoms with Gasteiger partial charge < -0.3 is 4.90 Å². The summed E-state index contributed by atoms with van der Waals surface area (Å²) in [5.74, 6) is 0.617. The van der Waals surface area contributed by atoms with Crippen molar-refractivity contribution < 1.29 is 4.79 Å². The van der Waals surface area contributed by atoms with Gasteiger partial charge in [-0.05, 0) is 34.1 Å². The van der Waals surface area contributed by atoms with Crippen LogP contribution in [0.25, 0.3) is 10.8 Å². The second-order valence-electron chi connectivity index (χ2n) is 5.30. The van der Waals surface area contributed by atoms with Crippen LogP contribution in [0.5, 0.6) is 0 Å². The van der Waals surface area contributed by atoms with E-state index in [1.165, 1.54) is 16.3 Å². The van der Waals surface area contributed by atoms with Gasteiger partial charge in [0, 0.05) is 12.7 Å². The first-order valence-electron chi connectivity index (χ1n) is 7.04. The lowest BCUT2D eigenvalue weighted by molar-refractivity contribution is -0.117. The minimum Gasteiger partial charge on any atom is -0.328 e. The van der Waals surface area contributed by atoms with Crippen LogP contribution in [0.3, 0.4) is 0 Å². The standard InChI is InChI=1S/C18H14N2O/c21-17-11-14-7-3-5-13-6-4-8-15(18(13)14)12-20-10-2-1-9-16(20)19-17/h1-10H,11-12H2/b19-16-. The van der Waals surface area contributed by atoms with E-state index in [1.54, 1.807) is 0 Å². The van der Waals surface area contributed by atoms with Gasteiger partial charge in [-0.1, -0.05) is 42.5 Å². The molecule has 0 fully saturated rings. The summed E-state index contributed by atoms with van der Waals surface area (Å²) in [5.41, 5.74) is 2.29. The monoisotopic (exact) mass is 274 g/mol. The van der Waals surface area contributed by atoms with Crippen molar-refractivity contribution in [3.8, 4) is 0 Å². The van der Waals surface area contributed by atoms with Crippen molar-refractivity contribution in [2.24, 2.45) is 4.99 Å². The smallest absolute Gasteiger partial charge is 0.252 e. The van der Waals surface area contributed by atoms with Crippen LogP contribution in [0, 0.1) is 0 Å². The Hall–Kier alpha value is -2.68. The van der Waals surface area contributed by atoms with Gasteiger partial charge in [0.15, 0.2) is 0 Å². The van der Waals surface area contributed by atoms with E-state index < -0.39 is 0 Å². The number of amidine groups is 1. The van der Waals surface area contributed by atoms with Crippen molar-refractivity contribution in [3.63, 3.8) is 0 Å². The quantitative estimate of drug-likeness (QED) is 0.739. The number of fused-ring (bicyclic) bond motifs is 1. The molecule has 0 bridgehead atoms. The molecule has 21 heavy (non-hydrogen) atoms. The van der Waals surface area contributed by atoms with Crippen LogP contribution in [0.1, 0.15) is 11.1 Å². The molecule has 2 aliphatic rings. The number of hydrogen-bond donors (Lipinski definition) is 0. The highest BCUT2D eigenvalue weighted by atomic mass is 16.1. The minimum absolute atomic E-state index is 0.0980. The number of hydrogen-bond acceptors (Lipinski definition) is 2. The highest BCUT2D eigenvalue weighted by molar-refractivity contribution is 6.04. The van der Waals surface area contributed by atoms with Gasteiger partial charge in [-0.3, -0.25) is 4.79 Å². The summed E-state index contributed by atoms with van der Waals surface area (Å²) in [4.78, 5) is 18.5. The molecule has 1 amide bonds. The van der Waals surface area contributed by atoms with Crippen LogP contribution in [-0.4, -0.2) is 16.6 Å². The number of amides is 1. The summed E-state index contributed by atoms with van der Waals surface area (Å²) < 4.78 is 0. The molecule has 0 aliphatic carbocycles. The Bertz CT molecular complexity index is 825. The Labute approximate surface area is 122 Å². The summed E-state index contributed by atoms with van der Waals surface area (Å²) >= 11 is 0. The first kappa shape index (κ1) is 12.1. The van der Waals surface area contributed by atoms with E-state index in [9.17, 15) is 4.79 Å². The lowest BCUT2D eigenvalue weighted by atomic mass is 9.97. The van der Waals surface area contributed by atoms with E-state index in [0.29, 0.717) is 12.3 Å². The number of benzene rings is 2. The number of carbonyl (C=O) groups is 1. The molecule has 0 saturated heterocycles. The molecular weight excluding hydrogens is 260 g/mol. The zero-order chi connectivity index (χ0) is 14.2. The van der Waals surface area contributed by atoms with Gasteiger partial charge >= 0.3 is 0 Å². The molecule has 2 aromatic rings. The fraction of sp³-hybridized carbons (Fsp3) is 0.111. The third kappa shape index (κ3) is 2.07. The summed E-state index contributed by atoms with van der Waals surface area (Å²) in [7, 11) is 0. The molecule has 3 heteroatoms. The molecule has 0 atom stereocenters. The highest BCUT2D eigenvalue weighted by Crippen LogP contribution is 2.26. The normalized spacial score (nSPS) is 19.5. The Morgan fingerprint density at radius 1 is 1.00 bits per heavy atom. The number of aliphatic imine (C=N–C) groups is 1. The second kappa shape index (κ2) is 4.70. The third-order valence-corrected chi connectivity index (χ3v) is 3.92. The molecule has 0 spiro atoms. The topological polar surface area (TPSA) is 32.7 Å². The van der Waals surface area contributed by atoms with E-state index in [4.69, 9.17) is 0 Å². The average Bonchev–Trinajstić information content (AvgIpc) is 2.54. The number of rotatable bonds is 0. The lowest BCUT2D eigenvalue weighted by Crippen LogP contribution is -2.25. The Morgan fingerprint density at radius 2 is 1.81 bits per heavy atom. The zero-order valence-corrected chi connectivity index (χ0v) is 11.5. The summed E-state index contributed by atoms with van der Waals surface area (Å²) in [5, 5.41) is 2.37. The highest BCUT2D eigenvalue weighted by Gasteiger charge is 2.17. The predicted molar refractivity (Wildman–Crippen MR) is 83.9 cm³/mol. The Balaban J connectivity index is 1.97. The summed E-state index contributed by atoms with van der Waals surface area (Å²) in [6.07, 6.45) is 8.08. The number of allylic oxidation sites excluding steroid dienone is 2. The fourth-order valence-corrected chi connectivity index (χ4v) is 3.00. The lowest BCUT2D eigenvalue weighted by Gasteiger charge is -2.22. The van der Waals surface area contributed by atoms with Gasteiger partial charge in [0.1, 0.15) is 5.84 Å². The molecule has 2 aromatic carbocycles. The van der Waals surface area contributed by atoms with Crippen LogP contribution >= 0.6 is 0 Å². The van der Waals surface area contributed by atoms with Crippen molar-refractivity contribution in [2.45, 2.75) is 13.0 Å². The molecule has 0 N–H and O–H groups in total. The first-order valence-corrected chi connectivity index (χ1v) is 7.04. The van der Waals surface area contributed by atoms with Crippen LogP contribution in [0.15, 0.2) is 65.8 Å². The van der Waals surface area contributed by atoms with Crippen molar-refractivity contribution in [3.05, 3.63) is 72.0 Å². The van der Waals surface area contributed by atoms with Gasteiger partial charge in [0.05, 0.1) is 6.42 Å². The molecule has 3 nitrogen and oxygen atoms in total. The average molecular weight is 274 g/mol. The van der Waals surface area contributed by atoms with Crippen LogP contribution in [-0.2, 0) is 17.8 Å². The number of carbonyl (C=O) groups excluding carboxylic acids is 1. The maximum atomic E-state index is 12.2. The van der Waals surface area contributed by atoms with Crippen LogP contribution in [0.4, 0.5) is 0 Å². The van der Waals surface area contributed by atoms with Gasteiger partial charge in [0.2, 0.25) is 0 Å². The fourth-order valence-electron chi connectivity index (χ4n) is 3.00. The maximum Gasteiger partial charge on any atom is 0.252 e. The molecular formula is C18H14N2O.